The van der Waals surface area contributed by atoms with E-state index in [2.05, 4.69) is 23.1 Å². The highest BCUT2D eigenvalue weighted by Crippen LogP contribution is 2.13. The molecule has 4 heteroatoms. The average molecular weight is 250 g/mol. The van der Waals surface area contributed by atoms with Crippen LogP contribution < -0.4 is 0 Å². The van der Waals surface area contributed by atoms with Crippen molar-refractivity contribution >= 4 is 11.6 Å². The van der Waals surface area contributed by atoms with Crippen LogP contribution in [0.2, 0.25) is 0 Å². The standard InChI is InChI=1S/C13H16ClN3/c1-3-4-12-5-11(7-14)6-13(16-12)17-9-10(2)8-15-17/h5-6,8-9H,3-4,7H2,1-2H3. The van der Waals surface area contributed by atoms with E-state index in [1.54, 1.807) is 4.68 Å². The zero-order chi connectivity index (χ0) is 12.3. The third-order valence-electron chi connectivity index (χ3n) is 2.53. The molecule has 0 aliphatic heterocycles. The van der Waals surface area contributed by atoms with Crippen molar-refractivity contribution in [3.63, 3.8) is 0 Å². The molecular formula is C13H16ClN3. The summed E-state index contributed by atoms with van der Waals surface area (Å²) in [6.45, 7) is 4.16. The molecule has 0 fully saturated rings. The molecule has 0 N–H and O–H groups in total. The van der Waals surface area contributed by atoms with Gasteiger partial charge in [-0.05, 0) is 36.6 Å². The molecule has 0 atom stereocenters. The number of alkyl halides is 1. The van der Waals surface area contributed by atoms with Crippen LogP contribution in [0, 0.1) is 6.92 Å². The molecule has 3 nitrogen and oxygen atoms in total. The van der Waals surface area contributed by atoms with Crippen LogP contribution in [0.15, 0.2) is 24.5 Å². The van der Waals surface area contributed by atoms with Crippen LogP contribution in [0.5, 0.6) is 0 Å². The molecule has 0 saturated heterocycles. The van der Waals surface area contributed by atoms with Gasteiger partial charge < -0.3 is 0 Å². The first-order valence-corrected chi connectivity index (χ1v) is 6.34. The lowest BCUT2D eigenvalue weighted by Gasteiger charge is -2.06. The largest absolute Gasteiger partial charge is 0.234 e. The summed E-state index contributed by atoms with van der Waals surface area (Å²) in [5.41, 5.74) is 3.29. The summed E-state index contributed by atoms with van der Waals surface area (Å²) in [5, 5.41) is 4.27. The number of hydrogen-bond acceptors (Lipinski definition) is 2. The van der Waals surface area contributed by atoms with Gasteiger partial charge >= 0.3 is 0 Å². The van der Waals surface area contributed by atoms with Gasteiger partial charge in [-0.25, -0.2) is 9.67 Å². The molecule has 17 heavy (non-hydrogen) atoms. The van der Waals surface area contributed by atoms with E-state index >= 15 is 0 Å². The predicted molar refractivity (Wildman–Crippen MR) is 69.6 cm³/mol. The normalized spacial score (nSPS) is 10.8. The summed E-state index contributed by atoms with van der Waals surface area (Å²) in [7, 11) is 0. The first-order valence-electron chi connectivity index (χ1n) is 5.80. The molecule has 2 rings (SSSR count). The lowest BCUT2D eigenvalue weighted by Crippen LogP contribution is -2.02. The maximum Gasteiger partial charge on any atom is 0.153 e. The monoisotopic (exact) mass is 249 g/mol. The summed E-state index contributed by atoms with van der Waals surface area (Å²) < 4.78 is 1.80. The Balaban J connectivity index is 2.42. The number of pyridine rings is 1. The molecule has 0 spiro atoms. The van der Waals surface area contributed by atoms with Crippen LogP contribution in [0.1, 0.15) is 30.2 Å². The van der Waals surface area contributed by atoms with Gasteiger partial charge in [-0.2, -0.15) is 5.10 Å². The van der Waals surface area contributed by atoms with Crippen molar-refractivity contribution in [1.82, 2.24) is 14.8 Å². The molecule has 0 bridgehead atoms. The molecule has 0 aromatic carbocycles. The minimum Gasteiger partial charge on any atom is -0.234 e. The highest BCUT2D eigenvalue weighted by atomic mass is 35.5. The molecule has 0 aliphatic carbocycles. The lowest BCUT2D eigenvalue weighted by atomic mass is 10.2. The van der Waals surface area contributed by atoms with Gasteiger partial charge in [-0.3, -0.25) is 0 Å². The summed E-state index contributed by atoms with van der Waals surface area (Å²) >= 11 is 5.91. The summed E-state index contributed by atoms with van der Waals surface area (Å²) in [6.07, 6.45) is 5.85. The van der Waals surface area contributed by atoms with Crippen LogP contribution in [0.3, 0.4) is 0 Å². The summed E-state index contributed by atoms with van der Waals surface area (Å²) in [6, 6.07) is 4.05. The highest BCUT2D eigenvalue weighted by molar-refractivity contribution is 6.17. The van der Waals surface area contributed by atoms with Crippen molar-refractivity contribution in [3.8, 4) is 5.82 Å². The van der Waals surface area contributed by atoms with Crippen molar-refractivity contribution in [2.24, 2.45) is 0 Å². The zero-order valence-electron chi connectivity index (χ0n) is 10.2. The van der Waals surface area contributed by atoms with Crippen LogP contribution >= 0.6 is 11.6 Å². The fraction of sp³-hybridized carbons (Fsp3) is 0.385. The van der Waals surface area contributed by atoms with E-state index in [1.807, 2.05) is 25.4 Å². The molecule has 0 radical (unpaired) electrons. The molecule has 0 amide bonds. The van der Waals surface area contributed by atoms with E-state index < -0.39 is 0 Å². The van der Waals surface area contributed by atoms with Crippen LogP contribution in [0.25, 0.3) is 5.82 Å². The Hall–Kier alpha value is -1.35. The first-order chi connectivity index (χ1) is 8.22. The lowest BCUT2D eigenvalue weighted by molar-refractivity contribution is 0.810. The number of hydrogen-bond donors (Lipinski definition) is 0. The second kappa shape index (κ2) is 5.32. The molecule has 2 aromatic heterocycles. The molecule has 2 heterocycles. The van der Waals surface area contributed by atoms with E-state index in [0.717, 1.165) is 35.5 Å². The van der Waals surface area contributed by atoms with E-state index in [-0.39, 0.29) is 0 Å². The summed E-state index contributed by atoms with van der Waals surface area (Å²) in [4.78, 5) is 4.60. The second-order valence-electron chi connectivity index (χ2n) is 4.17. The Morgan fingerprint density at radius 2 is 2.18 bits per heavy atom. The Labute approximate surface area is 106 Å². The van der Waals surface area contributed by atoms with Crippen LogP contribution in [-0.4, -0.2) is 14.8 Å². The molecular weight excluding hydrogens is 234 g/mol. The zero-order valence-corrected chi connectivity index (χ0v) is 10.9. The van der Waals surface area contributed by atoms with Crippen molar-refractivity contribution in [3.05, 3.63) is 41.3 Å². The molecule has 0 saturated carbocycles. The molecule has 90 valence electrons. The van der Waals surface area contributed by atoms with Gasteiger partial charge in [-0.1, -0.05) is 13.3 Å². The fourth-order valence-electron chi connectivity index (χ4n) is 1.75. The maximum absolute atomic E-state index is 5.91. The predicted octanol–water partition coefficient (Wildman–Crippen LogP) is 3.27. The van der Waals surface area contributed by atoms with Crippen LogP contribution in [-0.2, 0) is 12.3 Å². The van der Waals surface area contributed by atoms with E-state index in [1.165, 1.54) is 0 Å². The van der Waals surface area contributed by atoms with Gasteiger partial charge in [0, 0.05) is 17.8 Å². The minimum atomic E-state index is 0.506. The molecule has 2 aromatic rings. The average Bonchev–Trinajstić information content (AvgIpc) is 2.76. The topological polar surface area (TPSA) is 30.7 Å². The van der Waals surface area contributed by atoms with Gasteiger partial charge in [0.15, 0.2) is 5.82 Å². The summed E-state index contributed by atoms with van der Waals surface area (Å²) in [5.74, 6) is 1.35. The van der Waals surface area contributed by atoms with Crippen molar-refractivity contribution < 1.29 is 0 Å². The Morgan fingerprint density at radius 3 is 2.76 bits per heavy atom. The quantitative estimate of drug-likeness (QED) is 0.779. The number of aromatic nitrogens is 3. The maximum atomic E-state index is 5.91. The van der Waals surface area contributed by atoms with E-state index in [9.17, 15) is 0 Å². The van der Waals surface area contributed by atoms with Crippen molar-refractivity contribution in [1.29, 1.82) is 0 Å². The number of halogens is 1. The number of rotatable bonds is 4. The molecule has 0 unspecified atom stereocenters. The Morgan fingerprint density at radius 1 is 1.35 bits per heavy atom. The van der Waals surface area contributed by atoms with Gasteiger partial charge in [0.1, 0.15) is 0 Å². The van der Waals surface area contributed by atoms with Crippen LogP contribution in [0.4, 0.5) is 0 Å². The van der Waals surface area contributed by atoms with Crippen molar-refractivity contribution in [2.75, 3.05) is 0 Å². The van der Waals surface area contributed by atoms with Gasteiger partial charge in [0.2, 0.25) is 0 Å². The SMILES string of the molecule is CCCc1cc(CCl)cc(-n2cc(C)cn2)n1. The van der Waals surface area contributed by atoms with Crippen molar-refractivity contribution in [2.45, 2.75) is 32.6 Å². The Kier molecular flexibility index (Phi) is 3.79. The highest BCUT2D eigenvalue weighted by Gasteiger charge is 2.05. The third kappa shape index (κ3) is 2.86. The van der Waals surface area contributed by atoms with Gasteiger partial charge in [0.05, 0.1) is 6.20 Å². The number of aryl methyl sites for hydroxylation is 2. The minimum absolute atomic E-state index is 0.506. The van der Waals surface area contributed by atoms with E-state index in [4.69, 9.17) is 11.6 Å². The second-order valence-corrected chi connectivity index (χ2v) is 4.44. The van der Waals surface area contributed by atoms with E-state index in [0.29, 0.717) is 5.88 Å². The first kappa shape index (κ1) is 12.1. The van der Waals surface area contributed by atoms with Gasteiger partial charge in [-0.15, -0.1) is 11.6 Å². The molecule has 0 aliphatic rings. The smallest absolute Gasteiger partial charge is 0.153 e. The van der Waals surface area contributed by atoms with Gasteiger partial charge in [0.25, 0.3) is 0 Å². The third-order valence-corrected chi connectivity index (χ3v) is 2.84. The number of nitrogens with zero attached hydrogens (tertiary/aromatic N) is 3. The Bertz CT molecular complexity index is 505. The fourth-order valence-corrected chi connectivity index (χ4v) is 1.90.